The number of benzene rings is 1. The Kier molecular flexibility index (Phi) is 3.80. The third-order valence-electron chi connectivity index (χ3n) is 3.05. The lowest BCUT2D eigenvalue weighted by molar-refractivity contribution is -0.122. The molecule has 0 aliphatic carbocycles. The number of nitrogen functional groups attached to an aromatic ring is 1. The zero-order valence-electron chi connectivity index (χ0n) is 10.1. The predicted octanol–water partition coefficient (Wildman–Crippen LogP) is 0.267. The number of nitriles is 1. The van der Waals surface area contributed by atoms with Crippen LogP contribution in [0.25, 0.3) is 0 Å². The summed E-state index contributed by atoms with van der Waals surface area (Å²) in [7, 11) is 0. The maximum atomic E-state index is 11.5. The summed E-state index contributed by atoms with van der Waals surface area (Å²) < 4.78 is 0. The minimum atomic E-state index is -0.107. The van der Waals surface area contributed by atoms with Crippen molar-refractivity contribution in [1.29, 1.82) is 5.26 Å². The fourth-order valence-corrected chi connectivity index (χ4v) is 2.17. The van der Waals surface area contributed by atoms with E-state index in [1.54, 1.807) is 0 Å². The molecule has 1 aliphatic rings. The Balaban J connectivity index is 1.95. The molecule has 1 aliphatic heterocycles. The molecule has 0 bridgehead atoms. The van der Waals surface area contributed by atoms with Gasteiger partial charge in [0.2, 0.25) is 5.91 Å². The van der Waals surface area contributed by atoms with Crippen molar-refractivity contribution in [3.8, 4) is 6.07 Å². The molecule has 1 aromatic rings. The van der Waals surface area contributed by atoms with Gasteiger partial charge in [0.25, 0.3) is 0 Å². The van der Waals surface area contributed by atoms with E-state index in [4.69, 9.17) is 11.0 Å². The fraction of sp³-hybridized carbons (Fsp3) is 0.385. The molecule has 0 radical (unpaired) electrons. The molecule has 0 saturated heterocycles. The Morgan fingerprint density at radius 1 is 1.50 bits per heavy atom. The zero-order chi connectivity index (χ0) is 13.0. The highest BCUT2D eigenvalue weighted by Gasteiger charge is 2.18. The third-order valence-corrected chi connectivity index (χ3v) is 3.05. The van der Waals surface area contributed by atoms with E-state index < -0.39 is 0 Å². The Bertz CT molecular complexity index is 492. The minimum absolute atomic E-state index is 0.0657. The minimum Gasteiger partial charge on any atom is -0.399 e. The number of fused-ring (bicyclic) bond motifs is 1. The molecule has 18 heavy (non-hydrogen) atoms. The second-order valence-electron chi connectivity index (χ2n) is 4.42. The normalized spacial score (nSPS) is 14.6. The molecule has 0 atom stereocenters. The lowest BCUT2D eigenvalue weighted by Gasteiger charge is -2.28. The van der Waals surface area contributed by atoms with Gasteiger partial charge in [-0.15, -0.1) is 0 Å². The van der Waals surface area contributed by atoms with Crippen LogP contribution in [-0.4, -0.2) is 30.4 Å². The number of nitrogens with two attached hydrogens (primary N) is 1. The van der Waals surface area contributed by atoms with Crippen molar-refractivity contribution in [1.82, 2.24) is 10.2 Å². The Morgan fingerprint density at radius 3 is 3.11 bits per heavy atom. The molecule has 5 heteroatoms. The van der Waals surface area contributed by atoms with E-state index >= 15 is 0 Å². The summed E-state index contributed by atoms with van der Waals surface area (Å²) in [5.41, 5.74) is 9.01. The molecular weight excluding hydrogens is 228 g/mol. The highest BCUT2D eigenvalue weighted by Crippen LogP contribution is 2.20. The molecule has 5 nitrogen and oxygen atoms in total. The number of hydrogen-bond donors (Lipinski definition) is 2. The van der Waals surface area contributed by atoms with Gasteiger partial charge >= 0.3 is 0 Å². The number of carbonyl (C=O) groups is 1. The van der Waals surface area contributed by atoms with Crippen molar-refractivity contribution in [2.45, 2.75) is 13.0 Å². The van der Waals surface area contributed by atoms with Crippen LogP contribution in [0.4, 0.5) is 5.69 Å². The van der Waals surface area contributed by atoms with E-state index in [0.29, 0.717) is 6.54 Å². The number of rotatable bonds is 3. The van der Waals surface area contributed by atoms with Gasteiger partial charge in [-0.3, -0.25) is 9.69 Å². The van der Waals surface area contributed by atoms with Gasteiger partial charge in [-0.2, -0.15) is 5.26 Å². The first-order chi connectivity index (χ1) is 8.69. The van der Waals surface area contributed by atoms with Crippen LogP contribution in [0.3, 0.4) is 0 Å². The predicted molar refractivity (Wildman–Crippen MR) is 68.5 cm³/mol. The van der Waals surface area contributed by atoms with Gasteiger partial charge < -0.3 is 11.1 Å². The summed E-state index contributed by atoms with van der Waals surface area (Å²) in [4.78, 5) is 13.6. The molecule has 1 heterocycles. The standard InChI is InChI=1S/C13H16N4O/c14-4-5-16-13(18)9-17-6-3-10-1-2-12(15)7-11(10)8-17/h1-2,7H,3,5-6,8-9,15H2,(H,16,18). The topological polar surface area (TPSA) is 82.2 Å². The Hall–Kier alpha value is -2.06. The quantitative estimate of drug-likeness (QED) is 0.590. The molecule has 0 unspecified atom stereocenters. The highest BCUT2D eigenvalue weighted by atomic mass is 16.2. The van der Waals surface area contributed by atoms with E-state index in [1.807, 2.05) is 18.2 Å². The van der Waals surface area contributed by atoms with Crippen LogP contribution in [0.2, 0.25) is 0 Å². The molecule has 94 valence electrons. The summed E-state index contributed by atoms with van der Waals surface area (Å²) in [5.74, 6) is -0.107. The van der Waals surface area contributed by atoms with E-state index in [-0.39, 0.29) is 12.5 Å². The van der Waals surface area contributed by atoms with Crippen molar-refractivity contribution in [3.63, 3.8) is 0 Å². The van der Waals surface area contributed by atoms with Crippen LogP contribution >= 0.6 is 0 Å². The number of carbonyl (C=O) groups excluding carboxylic acids is 1. The van der Waals surface area contributed by atoms with E-state index in [2.05, 4.69) is 16.3 Å². The Labute approximate surface area is 106 Å². The molecule has 0 fully saturated rings. The van der Waals surface area contributed by atoms with Gasteiger partial charge in [0.15, 0.2) is 0 Å². The van der Waals surface area contributed by atoms with Crippen molar-refractivity contribution in [3.05, 3.63) is 29.3 Å². The van der Waals surface area contributed by atoms with Crippen LogP contribution < -0.4 is 11.1 Å². The largest absolute Gasteiger partial charge is 0.399 e. The molecule has 0 saturated carbocycles. The van der Waals surface area contributed by atoms with Gasteiger partial charge in [-0.05, 0) is 29.7 Å². The highest BCUT2D eigenvalue weighted by molar-refractivity contribution is 5.78. The van der Waals surface area contributed by atoms with E-state index in [0.717, 1.165) is 25.2 Å². The third kappa shape index (κ3) is 2.99. The SMILES string of the molecule is N#CCNC(=O)CN1CCc2ccc(N)cc2C1. The molecule has 1 aromatic carbocycles. The number of amides is 1. The number of nitrogens with zero attached hydrogens (tertiary/aromatic N) is 2. The monoisotopic (exact) mass is 244 g/mol. The molecule has 1 amide bonds. The Morgan fingerprint density at radius 2 is 2.33 bits per heavy atom. The van der Waals surface area contributed by atoms with Crippen LogP contribution in [0.1, 0.15) is 11.1 Å². The smallest absolute Gasteiger partial charge is 0.235 e. The summed E-state index contributed by atoms with van der Waals surface area (Å²) in [5, 5.41) is 10.9. The summed E-state index contributed by atoms with van der Waals surface area (Å²) in [6, 6.07) is 7.82. The molecule has 3 N–H and O–H groups in total. The molecule has 0 aromatic heterocycles. The number of hydrogen-bond acceptors (Lipinski definition) is 4. The van der Waals surface area contributed by atoms with Gasteiger partial charge in [0.1, 0.15) is 6.54 Å². The number of anilines is 1. The fourth-order valence-electron chi connectivity index (χ4n) is 2.17. The van der Waals surface area contributed by atoms with Crippen LogP contribution in [0.15, 0.2) is 18.2 Å². The average Bonchev–Trinajstić information content (AvgIpc) is 2.36. The molecule has 0 spiro atoms. The lowest BCUT2D eigenvalue weighted by atomic mass is 9.99. The maximum Gasteiger partial charge on any atom is 0.235 e. The number of nitrogens with one attached hydrogen (secondary N) is 1. The van der Waals surface area contributed by atoms with Crippen LogP contribution in [0.5, 0.6) is 0 Å². The van der Waals surface area contributed by atoms with E-state index in [9.17, 15) is 4.79 Å². The lowest BCUT2D eigenvalue weighted by Crippen LogP contribution is -2.40. The average molecular weight is 244 g/mol. The van der Waals surface area contributed by atoms with E-state index in [1.165, 1.54) is 11.1 Å². The maximum absolute atomic E-state index is 11.5. The first kappa shape index (κ1) is 12.4. The summed E-state index contributed by atoms with van der Waals surface area (Å²) in [6.07, 6.45) is 0.932. The van der Waals surface area contributed by atoms with Crippen molar-refractivity contribution >= 4 is 11.6 Å². The van der Waals surface area contributed by atoms with Crippen LogP contribution in [-0.2, 0) is 17.8 Å². The molecule has 2 rings (SSSR count). The molecular formula is C13H16N4O. The second-order valence-corrected chi connectivity index (χ2v) is 4.42. The van der Waals surface area contributed by atoms with Gasteiger partial charge in [0, 0.05) is 18.8 Å². The van der Waals surface area contributed by atoms with Crippen molar-refractivity contribution in [2.24, 2.45) is 0 Å². The summed E-state index contributed by atoms with van der Waals surface area (Å²) in [6.45, 7) is 1.99. The van der Waals surface area contributed by atoms with Crippen molar-refractivity contribution in [2.75, 3.05) is 25.4 Å². The van der Waals surface area contributed by atoms with Gasteiger partial charge in [-0.1, -0.05) is 6.07 Å². The first-order valence-corrected chi connectivity index (χ1v) is 5.92. The first-order valence-electron chi connectivity index (χ1n) is 5.92. The second kappa shape index (κ2) is 5.52. The van der Waals surface area contributed by atoms with Crippen LogP contribution in [0, 0.1) is 11.3 Å². The van der Waals surface area contributed by atoms with Gasteiger partial charge in [0.05, 0.1) is 12.6 Å². The zero-order valence-corrected chi connectivity index (χ0v) is 10.1. The summed E-state index contributed by atoms with van der Waals surface area (Å²) >= 11 is 0. The van der Waals surface area contributed by atoms with Crippen molar-refractivity contribution < 1.29 is 4.79 Å². The van der Waals surface area contributed by atoms with Gasteiger partial charge in [-0.25, -0.2) is 0 Å².